The third-order valence-corrected chi connectivity index (χ3v) is 5.10. The minimum atomic E-state index is -0.128. The van der Waals surface area contributed by atoms with Crippen LogP contribution in [0.2, 0.25) is 0 Å². The first-order chi connectivity index (χ1) is 14.2. The van der Waals surface area contributed by atoms with Crippen molar-refractivity contribution in [2.24, 2.45) is 0 Å². The number of para-hydroxylation sites is 1. The maximum Gasteiger partial charge on any atom is 0.277 e. The fourth-order valence-corrected chi connectivity index (χ4v) is 3.36. The van der Waals surface area contributed by atoms with Crippen LogP contribution in [0.3, 0.4) is 0 Å². The highest BCUT2D eigenvalue weighted by Gasteiger charge is 2.11. The maximum absolute atomic E-state index is 12.1. The van der Waals surface area contributed by atoms with Gasteiger partial charge in [0.2, 0.25) is 5.91 Å². The number of amides is 1. The van der Waals surface area contributed by atoms with Gasteiger partial charge in [0.1, 0.15) is 5.75 Å². The maximum atomic E-state index is 12.1. The molecule has 0 atom stereocenters. The fraction of sp³-hybridized carbons (Fsp3) is 0.136. The number of fused-ring (bicyclic) bond motifs is 1. The van der Waals surface area contributed by atoms with Crippen molar-refractivity contribution >= 4 is 34.1 Å². The number of carbonyl (C=O) groups excluding carboxylic acids is 1. The number of thioether (sulfide) groups is 1. The van der Waals surface area contributed by atoms with Crippen LogP contribution in [-0.4, -0.2) is 21.9 Å². The Hall–Kier alpha value is -3.32. The van der Waals surface area contributed by atoms with Crippen LogP contribution in [0, 0.1) is 6.92 Å². The second-order valence-corrected chi connectivity index (χ2v) is 7.34. The number of carbonyl (C=O) groups is 1. The summed E-state index contributed by atoms with van der Waals surface area (Å²) in [4.78, 5) is 12.1. The highest BCUT2D eigenvalue weighted by atomic mass is 32.2. The molecule has 29 heavy (non-hydrogen) atoms. The van der Waals surface area contributed by atoms with Crippen LogP contribution in [0.4, 0.5) is 5.69 Å². The number of rotatable bonds is 7. The number of ether oxygens (including phenoxy) is 1. The van der Waals surface area contributed by atoms with E-state index < -0.39 is 0 Å². The lowest BCUT2D eigenvalue weighted by Gasteiger charge is -2.06. The first-order valence-electron chi connectivity index (χ1n) is 9.10. The Kier molecular flexibility index (Phi) is 5.76. The van der Waals surface area contributed by atoms with Gasteiger partial charge in [-0.3, -0.25) is 4.79 Å². The van der Waals surface area contributed by atoms with Crippen molar-refractivity contribution in [1.82, 2.24) is 10.2 Å². The number of aryl methyl sites for hydroxylation is 1. The molecular formula is C22H19N3O3S. The summed E-state index contributed by atoms with van der Waals surface area (Å²) in [5.74, 6) is 1.15. The van der Waals surface area contributed by atoms with Gasteiger partial charge in [0.15, 0.2) is 6.61 Å². The van der Waals surface area contributed by atoms with Crippen molar-refractivity contribution in [2.45, 2.75) is 18.8 Å². The zero-order chi connectivity index (χ0) is 20.1. The van der Waals surface area contributed by atoms with Gasteiger partial charge in [-0.15, -0.1) is 10.2 Å². The molecule has 4 rings (SSSR count). The Balaban J connectivity index is 1.29. The van der Waals surface area contributed by atoms with E-state index in [9.17, 15) is 4.79 Å². The van der Waals surface area contributed by atoms with Crippen molar-refractivity contribution in [2.75, 3.05) is 11.1 Å². The van der Waals surface area contributed by atoms with Crippen molar-refractivity contribution in [3.63, 3.8) is 0 Å². The third kappa shape index (κ3) is 4.94. The van der Waals surface area contributed by atoms with E-state index in [1.54, 1.807) is 0 Å². The number of hydrogen-bond acceptors (Lipinski definition) is 6. The molecule has 0 bridgehead atoms. The second-order valence-electron chi connectivity index (χ2n) is 6.41. The number of hydrogen-bond donors (Lipinski definition) is 1. The molecule has 0 aliphatic heterocycles. The van der Waals surface area contributed by atoms with E-state index in [-0.39, 0.29) is 18.3 Å². The first kappa shape index (κ1) is 19.0. The molecule has 1 aromatic heterocycles. The Morgan fingerprint density at radius 3 is 2.69 bits per heavy atom. The molecule has 1 heterocycles. The van der Waals surface area contributed by atoms with E-state index in [0.29, 0.717) is 11.1 Å². The van der Waals surface area contributed by atoms with E-state index in [1.165, 1.54) is 11.8 Å². The lowest BCUT2D eigenvalue weighted by atomic mass is 10.1. The van der Waals surface area contributed by atoms with E-state index in [2.05, 4.69) is 21.6 Å². The molecular weight excluding hydrogens is 386 g/mol. The summed E-state index contributed by atoms with van der Waals surface area (Å²) in [6, 6.07) is 21.6. The van der Waals surface area contributed by atoms with Crippen LogP contribution in [0.15, 0.2) is 76.4 Å². The molecule has 1 N–H and O–H groups in total. The molecule has 0 saturated heterocycles. The van der Waals surface area contributed by atoms with E-state index in [0.717, 1.165) is 27.8 Å². The van der Waals surface area contributed by atoms with Gasteiger partial charge in [0.05, 0.1) is 5.75 Å². The monoisotopic (exact) mass is 405 g/mol. The van der Waals surface area contributed by atoms with Crippen molar-refractivity contribution in [1.29, 1.82) is 0 Å². The summed E-state index contributed by atoms with van der Waals surface area (Å²) in [5.41, 5.74) is 1.81. The van der Waals surface area contributed by atoms with Gasteiger partial charge < -0.3 is 14.5 Å². The summed E-state index contributed by atoms with van der Waals surface area (Å²) in [5, 5.41) is 13.4. The molecule has 146 valence electrons. The average Bonchev–Trinajstić information content (AvgIpc) is 3.20. The molecule has 4 aromatic rings. The number of aromatic nitrogens is 2. The number of anilines is 1. The van der Waals surface area contributed by atoms with Crippen LogP contribution in [0.5, 0.6) is 5.75 Å². The summed E-state index contributed by atoms with van der Waals surface area (Å²) < 4.78 is 11.3. The Bertz CT molecular complexity index is 1140. The van der Waals surface area contributed by atoms with E-state index >= 15 is 0 Å². The van der Waals surface area contributed by atoms with Gasteiger partial charge in [-0.1, -0.05) is 60.3 Å². The van der Waals surface area contributed by atoms with Gasteiger partial charge >= 0.3 is 0 Å². The van der Waals surface area contributed by atoms with Gasteiger partial charge in [-0.25, -0.2) is 0 Å². The molecule has 0 spiro atoms. The molecule has 1 amide bonds. The van der Waals surface area contributed by atoms with Crippen LogP contribution in [0.25, 0.3) is 10.8 Å². The van der Waals surface area contributed by atoms with E-state index in [4.69, 9.17) is 9.15 Å². The van der Waals surface area contributed by atoms with Gasteiger partial charge in [-0.2, -0.15) is 0 Å². The largest absolute Gasteiger partial charge is 0.484 e. The third-order valence-electron chi connectivity index (χ3n) is 4.28. The quantitative estimate of drug-likeness (QED) is 0.443. The van der Waals surface area contributed by atoms with Crippen molar-refractivity contribution in [3.8, 4) is 5.75 Å². The number of nitrogens with one attached hydrogen (secondary N) is 1. The van der Waals surface area contributed by atoms with Crippen LogP contribution in [0.1, 0.15) is 11.5 Å². The molecule has 7 heteroatoms. The Morgan fingerprint density at radius 2 is 1.83 bits per heavy atom. The SMILES string of the molecule is Cc1ccccc1NC(=O)CSc1nnc(COc2ccc3ccccc3c2)o1. The fourth-order valence-electron chi connectivity index (χ4n) is 2.78. The van der Waals surface area contributed by atoms with E-state index in [1.807, 2.05) is 67.6 Å². The number of nitrogens with zero attached hydrogens (tertiary/aromatic N) is 2. The molecule has 0 unspecified atom stereocenters. The smallest absolute Gasteiger partial charge is 0.277 e. The van der Waals surface area contributed by atoms with Gasteiger partial charge in [0.25, 0.3) is 11.1 Å². The van der Waals surface area contributed by atoms with Gasteiger partial charge in [0, 0.05) is 5.69 Å². The lowest BCUT2D eigenvalue weighted by molar-refractivity contribution is -0.113. The van der Waals surface area contributed by atoms with Crippen LogP contribution < -0.4 is 10.1 Å². The van der Waals surface area contributed by atoms with Crippen LogP contribution in [-0.2, 0) is 11.4 Å². The highest BCUT2D eigenvalue weighted by molar-refractivity contribution is 7.99. The van der Waals surface area contributed by atoms with Crippen molar-refractivity contribution < 1.29 is 13.9 Å². The molecule has 6 nitrogen and oxygen atoms in total. The summed E-state index contributed by atoms with van der Waals surface area (Å²) in [7, 11) is 0. The normalized spacial score (nSPS) is 10.8. The molecule has 0 fully saturated rings. The minimum absolute atomic E-state index is 0.128. The standard InChI is InChI=1S/C22H19N3O3S/c1-15-6-2-5-9-19(15)23-20(26)14-29-22-25-24-21(28-22)13-27-18-11-10-16-7-3-4-8-17(16)12-18/h2-12H,13-14H2,1H3,(H,23,26). The summed E-state index contributed by atoms with van der Waals surface area (Å²) in [6.45, 7) is 2.11. The predicted molar refractivity (Wildman–Crippen MR) is 113 cm³/mol. The zero-order valence-electron chi connectivity index (χ0n) is 15.8. The second kappa shape index (κ2) is 8.79. The van der Waals surface area contributed by atoms with Crippen molar-refractivity contribution in [3.05, 3.63) is 78.2 Å². The molecule has 0 aliphatic carbocycles. The molecule has 0 radical (unpaired) electrons. The predicted octanol–water partition coefficient (Wildman–Crippen LogP) is 4.84. The summed E-state index contributed by atoms with van der Waals surface area (Å²) >= 11 is 1.19. The van der Waals surface area contributed by atoms with Crippen LogP contribution >= 0.6 is 11.8 Å². The Morgan fingerprint density at radius 1 is 1.03 bits per heavy atom. The highest BCUT2D eigenvalue weighted by Crippen LogP contribution is 2.22. The molecule has 0 saturated carbocycles. The minimum Gasteiger partial charge on any atom is -0.484 e. The summed E-state index contributed by atoms with van der Waals surface area (Å²) in [6.07, 6.45) is 0. The lowest BCUT2D eigenvalue weighted by Crippen LogP contribution is -2.14. The Labute approximate surface area is 172 Å². The van der Waals surface area contributed by atoms with Gasteiger partial charge in [-0.05, 0) is 41.5 Å². The molecule has 0 aliphatic rings. The average molecular weight is 405 g/mol. The number of benzene rings is 3. The zero-order valence-corrected chi connectivity index (χ0v) is 16.6. The topological polar surface area (TPSA) is 77.2 Å². The molecule has 3 aromatic carbocycles. The first-order valence-corrected chi connectivity index (χ1v) is 10.1.